The molecule has 0 bridgehead atoms. The van der Waals surface area contributed by atoms with Gasteiger partial charge >= 0.3 is 6.18 Å². The van der Waals surface area contributed by atoms with Crippen LogP contribution >= 0.6 is 23.2 Å². The van der Waals surface area contributed by atoms with Crippen LogP contribution in [0.3, 0.4) is 0 Å². The Bertz CT molecular complexity index is 1740. The molecule has 0 radical (unpaired) electrons. The van der Waals surface area contributed by atoms with Gasteiger partial charge in [-0.05, 0) is 48.0 Å². The van der Waals surface area contributed by atoms with Crippen molar-refractivity contribution in [1.82, 2.24) is 10.2 Å². The predicted octanol–water partition coefficient (Wildman–Crippen LogP) is 6.59. The molecule has 236 valence electrons. The normalized spacial score (nSPS) is 12.3. The van der Waals surface area contributed by atoms with E-state index in [2.05, 4.69) is 5.32 Å². The molecule has 0 aliphatic carbocycles. The first-order valence-electron chi connectivity index (χ1n) is 13.6. The summed E-state index contributed by atoms with van der Waals surface area (Å²) in [6, 6.07) is 23.0. The van der Waals surface area contributed by atoms with Gasteiger partial charge in [0.2, 0.25) is 11.8 Å². The molecule has 1 atom stereocenters. The molecule has 4 rings (SSSR count). The number of amides is 2. The van der Waals surface area contributed by atoms with E-state index >= 15 is 0 Å². The number of nitrogens with zero attached hydrogens (tertiary/aromatic N) is 2. The highest BCUT2D eigenvalue weighted by Crippen LogP contribution is 2.34. The number of hydrogen-bond acceptors (Lipinski definition) is 4. The maximum Gasteiger partial charge on any atom is 0.416 e. The van der Waals surface area contributed by atoms with Crippen LogP contribution in [-0.2, 0) is 38.8 Å². The number of alkyl halides is 3. The van der Waals surface area contributed by atoms with E-state index in [1.807, 2.05) is 0 Å². The molecule has 0 saturated carbocycles. The first-order valence-corrected chi connectivity index (χ1v) is 15.8. The molecule has 0 unspecified atom stereocenters. The first-order chi connectivity index (χ1) is 21.3. The van der Waals surface area contributed by atoms with Gasteiger partial charge in [0.25, 0.3) is 10.0 Å². The number of benzene rings is 4. The topological polar surface area (TPSA) is 86.8 Å². The second-order valence-electron chi connectivity index (χ2n) is 9.91. The average Bonchev–Trinajstić information content (AvgIpc) is 3.02. The summed E-state index contributed by atoms with van der Waals surface area (Å²) in [4.78, 5) is 28.5. The smallest absolute Gasteiger partial charge is 0.357 e. The minimum absolute atomic E-state index is 0.0311. The van der Waals surface area contributed by atoms with Gasteiger partial charge in [0, 0.05) is 35.6 Å². The maximum absolute atomic E-state index is 14.3. The van der Waals surface area contributed by atoms with Crippen molar-refractivity contribution in [3.05, 3.63) is 130 Å². The van der Waals surface area contributed by atoms with Gasteiger partial charge < -0.3 is 10.2 Å². The molecule has 4 aromatic carbocycles. The average molecular weight is 679 g/mol. The fourth-order valence-corrected chi connectivity index (χ4v) is 6.60. The van der Waals surface area contributed by atoms with Crippen LogP contribution in [0.25, 0.3) is 0 Å². The van der Waals surface area contributed by atoms with Crippen LogP contribution in [0.1, 0.15) is 16.7 Å². The van der Waals surface area contributed by atoms with Crippen molar-refractivity contribution in [3.63, 3.8) is 0 Å². The number of likely N-dealkylation sites (N-methyl/N-ethyl adjacent to an activating group) is 1. The summed E-state index contributed by atoms with van der Waals surface area (Å²) in [5, 5.41) is 2.94. The SMILES string of the molecule is CNC(=O)[C@@H](Cc1ccccc1)N(Cc1c(Cl)cccc1Cl)C(=O)CN(c1cccc(C(F)(F)F)c1)S(=O)(=O)c1ccccc1. The highest BCUT2D eigenvalue weighted by molar-refractivity contribution is 7.92. The van der Waals surface area contributed by atoms with E-state index in [1.54, 1.807) is 54.6 Å². The Morgan fingerprint density at radius 2 is 1.42 bits per heavy atom. The molecule has 0 fully saturated rings. The number of rotatable bonds is 11. The summed E-state index contributed by atoms with van der Waals surface area (Å²) < 4.78 is 69.5. The molecular formula is C32H28Cl2F3N3O4S. The Labute approximate surface area is 269 Å². The van der Waals surface area contributed by atoms with Gasteiger partial charge in [-0.3, -0.25) is 13.9 Å². The zero-order valence-electron chi connectivity index (χ0n) is 23.8. The molecule has 2 amide bonds. The largest absolute Gasteiger partial charge is 0.416 e. The van der Waals surface area contributed by atoms with Crippen LogP contribution in [0.15, 0.2) is 108 Å². The second-order valence-corrected chi connectivity index (χ2v) is 12.6. The lowest BCUT2D eigenvalue weighted by atomic mass is 10.0. The molecule has 7 nitrogen and oxygen atoms in total. The van der Waals surface area contributed by atoms with Crippen LogP contribution in [0.4, 0.5) is 18.9 Å². The van der Waals surface area contributed by atoms with Gasteiger partial charge in [-0.15, -0.1) is 0 Å². The summed E-state index contributed by atoms with van der Waals surface area (Å²) in [6.45, 7) is -1.24. The summed E-state index contributed by atoms with van der Waals surface area (Å²) in [5.74, 6) is -1.45. The number of sulfonamides is 1. The van der Waals surface area contributed by atoms with Gasteiger partial charge in [0.15, 0.2) is 0 Å². The zero-order chi connectivity index (χ0) is 32.8. The van der Waals surface area contributed by atoms with Gasteiger partial charge in [0.05, 0.1) is 16.1 Å². The molecular weight excluding hydrogens is 650 g/mol. The second kappa shape index (κ2) is 14.4. The molecule has 13 heteroatoms. The quantitative estimate of drug-likeness (QED) is 0.194. The van der Waals surface area contributed by atoms with Crippen LogP contribution in [0.2, 0.25) is 10.0 Å². The molecule has 0 saturated heterocycles. The van der Waals surface area contributed by atoms with Gasteiger partial charge in [0.1, 0.15) is 12.6 Å². The van der Waals surface area contributed by atoms with E-state index < -0.39 is 51.9 Å². The third kappa shape index (κ3) is 8.16. The number of carbonyl (C=O) groups excluding carboxylic acids is 2. The van der Waals surface area contributed by atoms with Crippen LogP contribution in [0, 0.1) is 0 Å². The minimum atomic E-state index is -4.78. The first kappa shape index (κ1) is 33.8. The Hall–Kier alpha value is -4.06. The van der Waals surface area contributed by atoms with E-state index in [1.165, 1.54) is 37.4 Å². The van der Waals surface area contributed by atoms with E-state index in [9.17, 15) is 31.2 Å². The molecule has 45 heavy (non-hydrogen) atoms. The van der Waals surface area contributed by atoms with Crippen molar-refractivity contribution in [2.45, 2.75) is 30.1 Å². The number of hydrogen-bond donors (Lipinski definition) is 1. The lowest BCUT2D eigenvalue weighted by molar-refractivity contribution is -0.139. The molecule has 0 heterocycles. The highest BCUT2D eigenvalue weighted by atomic mass is 35.5. The number of anilines is 1. The van der Waals surface area contributed by atoms with Crippen molar-refractivity contribution >= 4 is 50.7 Å². The summed E-state index contributed by atoms with van der Waals surface area (Å²) in [5.41, 5.74) is -0.501. The zero-order valence-corrected chi connectivity index (χ0v) is 26.2. The molecule has 0 aromatic heterocycles. The Morgan fingerprint density at radius 3 is 2.00 bits per heavy atom. The third-order valence-corrected chi connectivity index (χ3v) is 9.48. The number of carbonyl (C=O) groups is 2. The van der Waals surface area contributed by atoms with E-state index in [0.717, 1.165) is 17.0 Å². The maximum atomic E-state index is 14.3. The van der Waals surface area contributed by atoms with E-state index in [0.29, 0.717) is 21.5 Å². The van der Waals surface area contributed by atoms with Crippen molar-refractivity contribution in [2.24, 2.45) is 0 Å². The number of halogens is 5. The van der Waals surface area contributed by atoms with Crippen molar-refractivity contribution in [2.75, 3.05) is 17.9 Å². The van der Waals surface area contributed by atoms with E-state index in [-0.39, 0.29) is 27.9 Å². The van der Waals surface area contributed by atoms with Crippen molar-refractivity contribution in [3.8, 4) is 0 Å². The lowest BCUT2D eigenvalue weighted by Gasteiger charge is -2.34. The van der Waals surface area contributed by atoms with Crippen LogP contribution in [0.5, 0.6) is 0 Å². The van der Waals surface area contributed by atoms with Gasteiger partial charge in [-0.1, -0.05) is 83.9 Å². The van der Waals surface area contributed by atoms with Gasteiger partial charge in [-0.2, -0.15) is 13.2 Å². The summed E-state index contributed by atoms with van der Waals surface area (Å²) in [7, 11) is -3.19. The third-order valence-electron chi connectivity index (χ3n) is 6.98. The standard InChI is InChI=1S/C32H28Cl2F3N3O4S/c1-38-31(42)29(18-22-10-4-2-5-11-22)39(20-26-27(33)16-9-17-28(26)34)30(41)21-40(45(43,44)25-14-6-3-7-15-25)24-13-8-12-23(19-24)32(35,36)37/h2-17,19,29H,18,20-21H2,1H3,(H,38,42)/t29-/m1/s1. The molecule has 1 N–H and O–H groups in total. The molecule has 4 aromatic rings. The molecule has 0 aliphatic heterocycles. The van der Waals surface area contributed by atoms with Crippen LogP contribution < -0.4 is 9.62 Å². The predicted molar refractivity (Wildman–Crippen MR) is 167 cm³/mol. The fourth-order valence-electron chi connectivity index (χ4n) is 4.66. The Balaban J connectivity index is 1.85. The molecule has 0 aliphatic rings. The highest BCUT2D eigenvalue weighted by Gasteiger charge is 2.36. The van der Waals surface area contributed by atoms with E-state index in [4.69, 9.17) is 23.2 Å². The Morgan fingerprint density at radius 1 is 0.844 bits per heavy atom. The fraction of sp³-hybridized carbons (Fsp3) is 0.188. The van der Waals surface area contributed by atoms with Crippen LogP contribution in [-0.4, -0.2) is 44.8 Å². The minimum Gasteiger partial charge on any atom is -0.357 e. The monoisotopic (exact) mass is 677 g/mol. The lowest BCUT2D eigenvalue weighted by Crippen LogP contribution is -2.53. The summed E-state index contributed by atoms with van der Waals surface area (Å²) in [6.07, 6.45) is -4.75. The van der Waals surface area contributed by atoms with Crippen molar-refractivity contribution in [1.29, 1.82) is 0 Å². The molecule has 0 spiro atoms. The Kier molecular flexibility index (Phi) is 10.8. The van der Waals surface area contributed by atoms with Gasteiger partial charge in [-0.25, -0.2) is 8.42 Å². The van der Waals surface area contributed by atoms with Crippen molar-refractivity contribution < 1.29 is 31.2 Å². The summed E-state index contributed by atoms with van der Waals surface area (Å²) >= 11 is 12.9. The number of nitrogens with one attached hydrogen (secondary N) is 1.